The summed E-state index contributed by atoms with van der Waals surface area (Å²) in [6.07, 6.45) is 5.87. The summed E-state index contributed by atoms with van der Waals surface area (Å²) in [5.41, 5.74) is 2.20. The second kappa shape index (κ2) is 10.2. The number of halogens is 1. The molecule has 2 saturated carbocycles. The van der Waals surface area contributed by atoms with Gasteiger partial charge in [-0.1, -0.05) is 12.8 Å². The van der Waals surface area contributed by atoms with Crippen molar-refractivity contribution in [1.29, 1.82) is 0 Å². The van der Waals surface area contributed by atoms with E-state index in [9.17, 15) is 23.9 Å². The van der Waals surface area contributed by atoms with Gasteiger partial charge in [-0.15, -0.1) is 0 Å². The maximum Gasteiger partial charge on any atom is 0.294 e. The molecular formula is C28H36FN3O4. The van der Waals surface area contributed by atoms with Gasteiger partial charge in [-0.3, -0.25) is 14.4 Å². The molecule has 1 aromatic carbocycles. The first-order chi connectivity index (χ1) is 17.0. The van der Waals surface area contributed by atoms with E-state index in [1.165, 1.54) is 12.1 Å². The highest BCUT2D eigenvalue weighted by Crippen LogP contribution is 2.39. The number of nitrogens with one attached hydrogen (secondary N) is 2. The van der Waals surface area contributed by atoms with Crippen molar-refractivity contribution < 1.29 is 23.9 Å². The first-order valence-electron chi connectivity index (χ1n) is 12.8. The van der Waals surface area contributed by atoms with Crippen molar-refractivity contribution in [3.05, 3.63) is 52.1 Å². The van der Waals surface area contributed by atoms with E-state index in [1.807, 2.05) is 6.92 Å². The summed E-state index contributed by atoms with van der Waals surface area (Å²) < 4.78 is 15.5. The van der Waals surface area contributed by atoms with Crippen LogP contribution in [0.5, 0.6) is 0 Å². The molecule has 0 unspecified atom stereocenters. The third kappa shape index (κ3) is 5.09. The van der Waals surface area contributed by atoms with Gasteiger partial charge in [-0.2, -0.15) is 0 Å². The van der Waals surface area contributed by atoms with Crippen molar-refractivity contribution in [2.24, 2.45) is 7.05 Å². The van der Waals surface area contributed by atoms with Gasteiger partial charge in [0.1, 0.15) is 5.82 Å². The molecule has 194 valence electrons. The molecule has 1 aromatic heterocycles. The average molecular weight is 498 g/mol. The van der Waals surface area contributed by atoms with Gasteiger partial charge < -0.3 is 20.3 Å². The minimum Gasteiger partial charge on any atom is -0.393 e. The Labute approximate surface area is 211 Å². The van der Waals surface area contributed by atoms with Crippen LogP contribution in [0.25, 0.3) is 0 Å². The van der Waals surface area contributed by atoms with Crippen LogP contribution in [0, 0.1) is 19.7 Å². The van der Waals surface area contributed by atoms with Crippen LogP contribution >= 0.6 is 0 Å². The minimum absolute atomic E-state index is 0.117. The van der Waals surface area contributed by atoms with Crippen LogP contribution in [0.3, 0.4) is 0 Å². The van der Waals surface area contributed by atoms with Gasteiger partial charge in [0, 0.05) is 29.9 Å². The largest absolute Gasteiger partial charge is 0.393 e. The molecular weight excluding hydrogens is 461 g/mol. The number of rotatable bonds is 6. The number of Topliss-reactive ketones (excluding diaryl/α,β-unsaturated/α-hetero) is 1. The van der Waals surface area contributed by atoms with Crippen LogP contribution in [-0.4, -0.2) is 38.9 Å². The molecule has 0 aliphatic heterocycles. The number of hydrogen-bond acceptors (Lipinski definition) is 4. The monoisotopic (exact) mass is 497 g/mol. The smallest absolute Gasteiger partial charge is 0.294 e. The lowest BCUT2D eigenvalue weighted by Gasteiger charge is -2.36. The third-order valence-electron chi connectivity index (χ3n) is 7.96. The molecule has 0 saturated heterocycles. The van der Waals surface area contributed by atoms with Gasteiger partial charge in [0.2, 0.25) is 0 Å². The van der Waals surface area contributed by atoms with E-state index in [-0.39, 0.29) is 29.4 Å². The number of aliphatic hydroxyl groups excluding tert-OH is 1. The van der Waals surface area contributed by atoms with Gasteiger partial charge in [-0.05, 0) is 88.6 Å². The van der Waals surface area contributed by atoms with Gasteiger partial charge in [0.15, 0.2) is 0 Å². The molecule has 0 spiro atoms. The van der Waals surface area contributed by atoms with Crippen molar-refractivity contribution in [3.8, 4) is 0 Å². The lowest BCUT2D eigenvalue weighted by Crippen LogP contribution is -2.51. The summed E-state index contributed by atoms with van der Waals surface area (Å²) in [6.45, 7) is 5.24. The van der Waals surface area contributed by atoms with E-state index in [4.69, 9.17) is 0 Å². The minimum atomic E-state index is -0.698. The molecule has 36 heavy (non-hydrogen) atoms. The molecule has 2 aromatic rings. The fourth-order valence-electron chi connectivity index (χ4n) is 5.86. The normalized spacial score (nSPS) is 22.4. The summed E-state index contributed by atoms with van der Waals surface area (Å²) in [4.78, 5) is 40.1. The molecule has 0 bridgehead atoms. The Hall–Kier alpha value is -3.00. The summed E-state index contributed by atoms with van der Waals surface area (Å²) in [5, 5.41) is 15.6. The van der Waals surface area contributed by atoms with Crippen LogP contribution in [-0.2, 0) is 11.8 Å². The number of anilines is 1. The number of carbonyl (C=O) groups is 3. The highest BCUT2D eigenvalue weighted by Gasteiger charge is 2.37. The van der Waals surface area contributed by atoms with Crippen LogP contribution in [0.2, 0.25) is 0 Å². The summed E-state index contributed by atoms with van der Waals surface area (Å²) >= 11 is 0. The van der Waals surface area contributed by atoms with Crippen LogP contribution in [0.1, 0.15) is 102 Å². The number of hydrogen-bond donors (Lipinski definition) is 3. The molecule has 2 aliphatic carbocycles. The number of ketones is 1. The molecule has 4 rings (SSSR count). The predicted octanol–water partition coefficient (Wildman–Crippen LogP) is 4.68. The van der Waals surface area contributed by atoms with Crippen molar-refractivity contribution in [1.82, 2.24) is 9.88 Å². The molecule has 0 atom stereocenters. The molecule has 1 heterocycles. The number of carbonyl (C=O) groups excluding carboxylic acids is 3. The topological polar surface area (TPSA) is 100 Å². The Morgan fingerprint density at radius 3 is 2.33 bits per heavy atom. The standard InChI is InChI=1S/C28H36FN3O4/c1-16-15-19(9-10-21(16)29)30-26(35)22-17(2)23(32(4)24(22)18-7-5-6-8-18)25(34)27(36)31-28(3)13-11-20(33)12-14-28/h9-10,15,18,20,33H,5-8,11-14H2,1-4H3,(H,30,35)(H,31,36)/t20-,28+. The Morgan fingerprint density at radius 2 is 1.72 bits per heavy atom. The van der Waals surface area contributed by atoms with Crippen molar-refractivity contribution >= 4 is 23.3 Å². The summed E-state index contributed by atoms with van der Waals surface area (Å²) in [6, 6.07) is 4.39. The van der Waals surface area contributed by atoms with E-state index >= 15 is 0 Å². The van der Waals surface area contributed by atoms with Crippen molar-refractivity contribution in [2.45, 2.75) is 89.7 Å². The van der Waals surface area contributed by atoms with Crippen LogP contribution in [0.4, 0.5) is 10.1 Å². The van der Waals surface area contributed by atoms with E-state index in [0.717, 1.165) is 31.4 Å². The Kier molecular flexibility index (Phi) is 7.36. The van der Waals surface area contributed by atoms with Gasteiger partial charge >= 0.3 is 0 Å². The number of benzene rings is 1. The third-order valence-corrected chi connectivity index (χ3v) is 7.96. The maximum absolute atomic E-state index is 13.7. The average Bonchev–Trinajstić information content (AvgIpc) is 3.44. The molecule has 8 heteroatoms. The predicted molar refractivity (Wildman–Crippen MR) is 136 cm³/mol. The quantitative estimate of drug-likeness (QED) is 0.398. The van der Waals surface area contributed by atoms with Gasteiger partial charge in [-0.25, -0.2) is 4.39 Å². The molecule has 2 amide bonds. The van der Waals surface area contributed by atoms with E-state index < -0.39 is 17.2 Å². The Morgan fingerprint density at radius 1 is 1.08 bits per heavy atom. The van der Waals surface area contributed by atoms with E-state index in [2.05, 4.69) is 10.6 Å². The summed E-state index contributed by atoms with van der Waals surface area (Å²) in [5.74, 6) is -1.97. The SMILES string of the molecule is Cc1cc(NC(=O)c2c(C)c(C(=O)C(=O)N[C@]3(C)CC[C@H](O)CC3)n(C)c2C2CCCC2)ccc1F. The number of amides is 2. The zero-order chi connectivity index (χ0) is 26.2. The Balaban J connectivity index is 1.66. The van der Waals surface area contributed by atoms with Crippen LogP contribution in [0.15, 0.2) is 18.2 Å². The second-order valence-electron chi connectivity index (χ2n) is 10.8. The first-order valence-corrected chi connectivity index (χ1v) is 12.8. The highest BCUT2D eigenvalue weighted by molar-refractivity contribution is 6.43. The number of aryl methyl sites for hydroxylation is 1. The lowest BCUT2D eigenvalue weighted by molar-refractivity contribution is -0.119. The maximum atomic E-state index is 13.7. The lowest BCUT2D eigenvalue weighted by atomic mass is 9.82. The molecule has 0 radical (unpaired) electrons. The van der Waals surface area contributed by atoms with Crippen molar-refractivity contribution in [3.63, 3.8) is 0 Å². The zero-order valence-corrected chi connectivity index (χ0v) is 21.5. The molecule has 3 N–H and O–H groups in total. The summed E-state index contributed by atoms with van der Waals surface area (Å²) in [7, 11) is 1.75. The molecule has 2 fully saturated rings. The van der Waals surface area contributed by atoms with Crippen molar-refractivity contribution in [2.75, 3.05) is 5.32 Å². The zero-order valence-electron chi connectivity index (χ0n) is 21.5. The van der Waals surface area contributed by atoms with Gasteiger partial charge in [0.05, 0.1) is 17.4 Å². The number of aliphatic hydroxyl groups is 1. The first kappa shape index (κ1) is 26.1. The second-order valence-corrected chi connectivity index (χ2v) is 10.8. The highest BCUT2D eigenvalue weighted by atomic mass is 19.1. The fourth-order valence-corrected chi connectivity index (χ4v) is 5.86. The van der Waals surface area contributed by atoms with E-state index in [0.29, 0.717) is 48.1 Å². The van der Waals surface area contributed by atoms with Gasteiger partial charge in [0.25, 0.3) is 17.6 Å². The molecule has 2 aliphatic rings. The van der Waals surface area contributed by atoms with E-state index in [1.54, 1.807) is 31.5 Å². The number of aromatic nitrogens is 1. The molecule has 7 nitrogen and oxygen atoms in total. The number of nitrogens with zero attached hydrogens (tertiary/aromatic N) is 1. The Bertz CT molecular complexity index is 1190. The van der Waals surface area contributed by atoms with Crippen LogP contribution < -0.4 is 10.6 Å². The fraction of sp³-hybridized carbons (Fsp3) is 0.536.